The van der Waals surface area contributed by atoms with Crippen LogP contribution in [-0.2, 0) is 13.2 Å². The number of aliphatic hydroxyl groups excluding tert-OH is 1. The molecule has 3 nitrogen and oxygen atoms in total. The van der Waals surface area contributed by atoms with Crippen LogP contribution < -0.4 is 22.5 Å². The Morgan fingerprint density at radius 3 is 2.19 bits per heavy atom. The van der Waals surface area contributed by atoms with E-state index in [0.29, 0.717) is 13.2 Å². The van der Waals surface area contributed by atoms with Crippen LogP contribution in [0.1, 0.15) is 16.7 Å². The van der Waals surface area contributed by atoms with E-state index in [9.17, 15) is 0 Å². The minimum atomic E-state index is 0. The molecule has 21 heavy (non-hydrogen) atoms. The highest BCUT2D eigenvalue weighted by atomic mass is 35.5. The maximum absolute atomic E-state index is 8.70. The lowest BCUT2D eigenvalue weighted by Gasteiger charge is -2.08. The summed E-state index contributed by atoms with van der Waals surface area (Å²) in [5.74, 6) is 0.872. The molecule has 0 aliphatic carbocycles. The number of halogens is 1. The van der Waals surface area contributed by atoms with Gasteiger partial charge in [0.15, 0.2) is 0 Å². The summed E-state index contributed by atoms with van der Waals surface area (Å²) in [4.78, 5) is 0. The van der Waals surface area contributed by atoms with E-state index in [2.05, 4.69) is 36.5 Å². The van der Waals surface area contributed by atoms with E-state index in [-0.39, 0.29) is 19.0 Å². The fraction of sp³-hybridized carbons (Fsp3) is 0.294. The predicted octanol–water partition coefficient (Wildman–Crippen LogP) is -0.340. The lowest BCUT2D eigenvalue weighted by atomic mass is 10.2. The normalized spacial score (nSPS) is 10.0. The lowest BCUT2D eigenvalue weighted by molar-refractivity contribution is -0.00000560. The molecule has 2 rings (SSSR count). The van der Waals surface area contributed by atoms with Crippen LogP contribution in [0.15, 0.2) is 48.5 Å². The quantitative estimate of drug-likeness (QED) is 0.688. The summed E-state index contributed by atoms with van der Waals surface area (Å²) in [7, 11) is 0. The fourth-order valence-corrected chi connectivity index (χ4v) is 1.87. The van der Waals surface area contributed by atoms with Crippen LogP contribution in [0.4, 0.5) is 0 Å². The number of aliphatic hydroxyl groups is 1. The highest BCUT2D eigenvalue weighted by Crippen LogP contribution is 2.14. The molecule has 0 saturated carbocycles. The van der Waals surface area contributed by atoms with Gasteiger partial charge in [0, 0.05) is 13.1 Å². The van der Waals surface area contributed by atoms with Gasteiger partial charge in [0.1, 0.15) is 12.4 Å². The van der Waals surface area contributed by atoms with Crippen LogP contribution in [-0.4, -0.2) is 18.3 Å². The summed E-state index contributed by atoms with van der Waals surface area (Å²) in [6.45, 7) is 4.21. The van der Waals surface area contributed by atoms with Crippen LogP contribution in [0, 0.1) is 6.92 Å². The third-order valence-corrected chi connectivity index (χ3v) is 3.07. The Labute approximate surface area is 132 Å². The molecule has 0 aliphatic heterocycles. The zero-order valence-electron chi connectivity index (χ0n) is 12.2. The van der Waals surface area contributed by atoms with Crippen molar-refractivity contribution in [1.82, 2.24) is 5.32 Å². The van der Waals surface area contributed by atoms with Crippen molar-refractivity contribution in [3.05, 3.63) is 65.2 Å². The molecular weight excluding hydrogens is 286 g/mol. The highest BCUT2D eigenvalue weighted by Gasteiger charge is 1.97. The number of aryl methyl sites for hydroxylation is 1. The maximum atomic E-state index is 8.70. The smallest absolute Gasteiger partial charge is 0.119 e. The van der Waals surface area contributed by atoms with E-state index in [0.717, 1.165) is 12.3 Å². The second-order valence-corrected chi connectivity index (χ2v) is 4.82. The molecule has 0 saturated heterocycles. The van der Waals surface area contributed by atoms with E-state index in [1.54, 1.807) is 0 Å². The topological polar surface area (TPSA) is 41.5 Å². The molecule has 0 bridgehead atoms. The fourth-order valence-electron chi connectivity index (χ4n) is 1.87. The van der Waals surface area contributed by atoms with E-state index < -0.39 is 0 Å². The summed E-state index contributed by atoms with van der Waals surface area (Å²) in [6.07, 6.45) is 0. The van der Waals surface area contributed by atoms with Crippen molar-refractivity contribution in [2.45, 2.75) is 20.1 Å². The van der Waals surface area contributed by atoms with Crippen molar-refractivity contribution in [3.8, 4) is 5.75 Å². The number of benzene rings is 2. The molecule has 0 fully saturated rings. The molecule has 0 atom stereocenters. The number of nitrogens with one attached hydrogen (secondary N) is 1. The molecule has 0 amide bonds. The van der Waals surface area contributed by atoms with E-state index in [1.807, 2.05) is 24.3 Å². The zero-order valence-corrected chi connectivity index (χ0v) is 12.9. The average molecular weight is 307 g/mol. The number of rotatable bonds is 7. The first-order valence-electron chi connectivity index (χ1n) is 6.87. The molecule has 0 heterocycles. The van der Waals surface area contributed by atoms with Crippen molar-refractivity contribution in [2.75, 3.05) is 13.2 Å². The molecule has 114 valence electrons. The second-order valence-electron chi connectivity index (χ2n) is 4.82. The van der Waals surface area contributed by atoms with Gasteiger partial charge in [-0.15, -0.1) is 0 Å². The summed E-state index contributed by atoms with van der Waals surface area (Å²) in [5.41, 5.74) is 3.61. The summed E-state index contributed by atoms with van der Waals surface area (Å²) in [5, 5.41) is 11.8. The van der Waals surface area contributed by atoms with Gasteiger partial charge in [0.05, 0.1) is 6.61 Å². The molecule has 0 radical (unpaired) electrons. The van der Waals surface area contributed by atoms with Crippen LogP contribution in [0.5, 0.6) is 5.75 Å². The molecule has 0 aromatic heterocycles. The van der Waals surface area contributed by atoms with Crippen molar-refractivity contribution in [1.29, 1.82) is 0 Å². The first-order chi connectivity index (χ1) is 9.78. The predicted molar refractivity (Wildman–Crippen MR) is 80.7 cm³/mol. The van der Waals surface area contributed by atoms with Crippen LogP contribution >= 0.6 is 0 Å². The SMILES string of the molecule is Cc1ccc(COc2ccc(CNCCO)cc2)cc1.[Cl-]. The van der Waals surface area contributed by atoms with E-state index in [4.69, 9.17) is 9.84 Å². The van der Waals surface area contributed by atoms with Crippen molar-refractivity contribution in [2.24, 2.45) is 0 Å². The third kappa shape index (κ3) is 6.17. The molecule has 2 aromatic carbocycles. The molecule has 0 unspecified atom stereocenters. The number of hydrogen-bond donors (Lipinski definition) is 2. The molecule has 0 aliphatic rings. The Morgan fingerprint density at radius 2 is 1.57 bits per heavy atom. The summed E-state index contributed by atoms with van der Waals surface area (Å²) in [6, 6.07) is 16.4. The first kappa shape index (κ1) is 17.5. The first-order valence-corrected chi connectivity index (χ1v) is 6.87. The van der Waals surface area contributed by atoms with Gasteiger partial charge in [-0.1, -0.05) is 42.0 Å². The second kappa shape index (κ2) is 9.40. The molecule has 0 spiro atoms. The third-order valence-electron chi connectivity index (χ3n) is 3.07. The van der Waals surface area contributed by atoms with Crippen molar-refractivity contribution in [3.63, 3.8) is 0 Å². The van der Waals surface area contributed by atoms with Crippen LogP contribution in [0.3, 0.4) is 0 Å². The van der Waals surface area contributed by atoms with Gasteiger partial charge < -0.3 is 27.6 Å². The molecule has 4 heteroatoms. The lowest BCUT2D eigenvalue weighted by Crippen LogP contribution is -3.00. The molecule has 2 aromatic rings. The van der Waals surface area contributed by atoms with Gasteiger partial charge in [-0.05, 0) is 30.2 Å². The highest BCUT2D eigenvalue weighted by molar-refractivity contribution is 5.28. The van der Waals surface area contributed by atoms with Crippen molar-refractivity contribution < 1.29 is 22.3 Å². The van der Waals surface area contributed by atoms with Crippen molar-refractivity contribution >= 4 is 0 Å². The average Bonchev–Trinajstić information content (AvgIpc) is 2.48. The van der Waals surface area contributed by atoms with Crippen LogP contribution in [0.2, 0.25) is 0 Å². The zero-order chi connectivity index (χ0) is 14.2. The molecule has 2 N–H and O–H groups in total. The Bertz CT molecular complexity index is 511. The number of hydrogen-bond acceptors (Lipinski definition) is 3. The monoisotopic (exact) mass is 306 g/mol. The van der Waals surface area contributed by atoms with Crippen LogP contribution in [0.25, 0.3) is 0 Å². The Morgan fingerprint density at radius 1 is 0.952 bits per heavy atom. The maximum Gasteiger partial charge on any atom is 0.119 e. The standard InChI is InChI=1S/C17H21NO2.ClH/c1-14-2-4-16(5-3-14)13-20-17-8-6-15(7-9-17)12-18-10-11-19;/h2-9,18-19H,10-13H2,1H3;1H/p-1. The van der Waals surface area contributed by atoms with Gasteiger partial charge in [0.2, 0.25) is 0 Å². The Hall–Kier alpha value is -1.55. The van der Waals surface area contributed by atoms with Gasteiger partial charge in [0.25, 0.3) is 0 Å². The van der Waals surface area contributed by atoms with E-state index in [1.165, 1.54) is 16.7 Å². The summed E-state index contributed by atoms with van der Waals surface area (Å²) >= 11 is 0. The minimum Gasteiger partial charge on any atom is -1.00 e. The Balaban J connectivity index is 0.00000220. The van der Waals surface area contributed by atoms with Gasteiger partial charge >= 0.3 is 0 Å². The number of ether oxygens (including phenoxy) is 1. The largest absolute Gasteiger partial charge is 1.00 e. The van der Waals surface area contributed by atoms with Gasteiger partial charge in [-0.3, -0.25) is 0 Å². The van der Waals surface area contributed by atoms with Gasteiger partial charge in [-0.25, -0.2) is 0 Å². The summed E-state index contributed by atoms with van der Waals surface area (Å²) < 4.78 is 5.75. The molecular formula is C17H21ClNO2-. The Kier molecular flexibility index (Phi) is 7.83. The van der Waals surface area contributed by atoms with E-state index >= 15 is 0 Å². The van der Waals surface area contributed by atoms with Gasteiger partial charge in [-0.2, -0.15) is 0 Å². The minimum absolute atomic E-state index is 0.